The maximum absolute atomic E-state index is 12.4. The number of aryl methyl sites for hydroxylation is 1. The van der Waals surface area contributed by atoms with Crippen LogP contribution in [-0.2, 0) is 16.6 Å². The van der Waals surface area contributed by atoms with Gasteiger partial charge in [0.05, 0.1) is 11.8 Å². The van der Waals surface area contributed by atoms with E-state index in [1.807, 2.05) is 11.6 Å². The number of carbonyl (C=O) groups excluding carboxylic acids is 1. The molecule has 2 N–H and O–H groups in total. The molecule has 0 saturated heterocycles. The highest BCUT2D eigenvalue weighted by Gasteiger charge is 2.18. The van der Waals surface area contributed by atoms with Crippen molar-refractivity contribution < 1.29 is 17.6 Å². The Morgan fingerprint density at radius 3 is 2.84 bits per heavy atom. The van der Waals surface area contributed by atoms with E-state index in [2.05, 4.69) is 20.0 Å². The minimum atomic E-state index is -3.46. The average molecular weight is 460 g/mol. The maximum Gasteiger partial charge on any atom is 0.271 e. The normalized spacial score (nSPS) is 11.9. The van der Waals surface area contributed by atoms with Crippen molar-refractivity contribution in [3.05, 3.63) is 59.2 Å². The molecule has 11 heteroatoms. The van der Waals surface area contributed by atoms with Crippen molar-refractivity contribution in [2.45, 2.75) is 32.6 Å². The highest BCUT2D eigenvalue weighted by atomic mass is 32.2. The fourth-order valence-electron chi connectivity index (χ4n) is 2.80. The Bertz CT molecular complexity index is 1320. The van der Waals surface area contributed by atoms with Crippen molar-refractivity contribution in [2.24, 2.45) is 0 Å². The third-order valence-electron chi connectivity index (χ3n) is 4.63. The second-order valence-electron chi connectivity index (χ2n) is 7.20. The maximum atomic E-state index is 12.4. The first kappa shape index (κ1) is 21.1. The number of hydrogen-bond acceptors (Lipinski definition) is 7. The number of sulfonamides is 1. The van der Waals surface area contributed by atoms with Crippen molar-refractivity contribution in [1.29, 1.82) is 0 Å². The number of carbonyl (C=O) groups is 1. The van der Waals surface area contributed by atoms with Crippen LogP contribution in [0.4, 0.5) is 5.69 Å². The fraction of sp³-hybridized carbons (Fsp3) is 0.250. The van der Waals surface area contributed by atoms with Gasteiger partial charge in [-0.2, -0.15) is 0 Å². The number of nitrogens with one attached hydrogen (secondary N) is 2. The number of amides is 1. The number of fused-ring (bicyclic) bond motifs is 1. The standard InChI is InChI=1S/C20H21N5O4S2/c1-12(2)31(27,28)24-15-6-4-5-14(9-15)19-22-16(13(3)29-19)10-21-18(26)17-11-25-7-8-30-20(25)23-17/h4-9,11-12,24H,10H2,1-3H3,(H,21,26). The lowest BCUT2D eigenvalue weighted by atomic mass is 10.2. The average Bonchev–Trinajstić information content (AvgIpc) is 3.40. The van der Waals surface area contributed by atoms with Crippen LogP contribution in [0, 0.1) is 6.92 Å². The SMILES string of the molecule is Cc1oc(-c2cccc(NS(=O)(=O)C(C)C)c2)nc1CNC(=O)c1cn2ccsc2n1. The van der Waals surface area contributed by atoms with E-state index in [9.17, 15) is 13.2 Å². The molecule has 0 aliphatic carbocycles. The largest absolute Gasteiger partial charge is 0.441 e. The molecule has 0 saturated carbocycles. The molecule has 0 bridgehead atoms. The molecular formula is C20H21N5O4S2. The fourth-order valence-corrected chi connectivity index (χ4v) is 4.20. The van der Waals surface area contributed by atoms with Crippen LogP contribution in [0.2, 0.25) is 0 Å². The minimum Gasteiger partial charge on any atom is -0.441 e. The summed E-state index contributed by atoms with van der Waals surface area (Å²) in [4.78, 5) is 21.9. The van der Waals surface area contributed by atoms with Crippen LogP contribution in [0.25, 0.3) is 16.4 Å². The predicted octanol–water partition coefficient (Wildman–Crippen LogP) is 3.44. The molecule has 3 heterocycles. The van der Waals surface area contributed by atoms with Crippen LogP contribution in [0.1, 0.15) is 35.8 Å². The quantitative estimate of drug-likeness (QED) is 0.437. The van der Waals surface area contributed by atoms with Crippen molar-refractivity contribution in [1.82, 2.24) is 19.7 Å². The Kier molecular flexibility index (Phi) is 5.54. The van der Waals surface area contributed by atoms with Gasteiger partial charge in [-0.25, -0.2) is 18.4 Å². The van der Waals surface area contributed by atoms with Crippen molar-refractivity contribution in [2.75, 3.05) is 4.72 Å². The molecule has 0 unspecified atom stereocenters. The van der Waals surface area contributed by atoms with Gasteiger partial charge in [0, 0.05) is 29.0 Å². The number of aromatic nitrogens is 3. The van der Waals surface area contributed by atoms with Crippen molar-refractivity contribution >= 4 is 37.9 Å². The molecule has 9 nitrogen and oxygen atoms in total. The Morgan fingerprint density at radius 1 is 1.29 bits per heavy atom. The lowest BCUT2D eigenvalue weighted by Crippen LogP contribution is -2.23. The van der Waals surface area contributed by atoms with Crippen LogP contribution in [0.15, 0.2) is 46.5 Å². The smallest absolute Gasteiger partial charge is 0.271 e. The molecule has 0 aliphatic heterocycles. The molecule has 0 spiro atoms. The van der Waals surface area contributed by atoms with Gasteiger partial charge in [-0.3, -0.25) is 13.9 Å². The first-order valence-corrected chi connectivity index (χ1v) is 11.9. The Morgan fingerprint density at radius 2 is 2.10 bits per heavy atom. The summed E-state index contributed by atoms with van der Waals surface area (Å²) in [7, 11) is -3.46. The molecule has 1 aromatic carbocycles. The summed E-state index contributed by atoms with van der Waals surface area (Å²) in [5, 5.41) is 4.14. The Balaban J connectivity index is 1.48. The lowest BCUT2D eigenvalue weighted by Gasteiger charge is -2.11. The van der Waals surface area contributed by atoms with Gasteiger partial charge in [0.2, 0.25) is 15.9 Å². The molecule has 162 valence electrons. The molecule has 0 radical (unpaired) electrons. The minimum absolute atomic E-state index is 0.180. The zero-order chi connectivity index (χ0) is 22.2. The Hall–Kier alpha value is -3.18. The van der Waals surface area contributed by atoms with Crippen LogP contribution < -0.4 is 10.0 Å². The molecule has 0 fully saturated rings. The summed E-state index contributed by atoms with van der Waals surface area (Å²) >= 11 is 1.45. The van der Waals surface area contributed by atoms with Gasteiger partial charge in [-0.1, -0.05) is 6.07 Å². The monoisotopic (exact) mass is 459 g/mol. The summed E-state index contributed by atoms with van der Waals surface area (Å²) in [6.07, 6.45) is 3.51. The molecule has 4 rings (SSSR count). The zero-order valence-electron chi connectivity index (χ0n) is 17.1. The molecule has 3 aromatic heterocycles. The molecule has 0 atom stereocenters. The van der Waals surface area contributed by atoms with Gasteiger partial charge in [0.15, 0.2) is 4.96 Å². The van der Waals surface area contributed by atoms with E-state index < -0.39 is 15.3 Å². The van der Waals surface area contributed by atoms with Gasteiger partial charge in [-0.05, 0) is 39.0 Å². The highest BCUT2D eigenvalue weighted by molar-refractivity contribution is 7.93. The third-order valence-corrected chi connectivity index (χ3v) is 7.16. The number of rotatable bonds is 7. The molecular weight excluding hydrogens is 438 g/mol. The second kappa shape index (κ2) is 8.16. The van der Waals surface area contributed by atoms with Crippen LogP contribution in [0.3, 0.4) is 0 Å². The van der Waals surface area contributed by atoms with E-state index >= 15 is 0 Å². The summed E-state index contributed by atoms with van der Waals surface area (Å²) in [5.41, 5.74) is 1.96. The number of imidazole rings is 1. The van der Waals surface area contributed by atoms with Gasteiger partial charge in [0.1, 0.15) is 17.1 Å². The van der Waals surface area contributed by atoms with Crippen LogP contribution in [-0.4, -0.2) is 33.9 Å². The van der Waals surface area contributed by atoms with Crippen molar-refractivity contribution in [3.8, 4) is 11.5 Å². The van der Waals surface area contributed by atoms with Gasteiger partial charge in [-0.15, -0.1) is 11.3 Å². The second-order valence-corrected chi connectivity index (χ2v) is 10.3. The summed E-state index contributed by atoms with van der Waals surface area (Å²) in [6, 6.07) is 6.82. The number of nitrogens with zero attached hydrogens (tertiary/aromatic N) is 3. The molecule has 1 amide bonds. The molecule has 0 aliphatic rings. The van der Waals surface area contributed by atoms with Gasteiger partial charge >= 0.3 is 0 Å². The molecule has 31 heavy (non-hydrogen) atoms. The zero-order valence-corrected chi connectivity index (χ0v) is 18.8. The van der Waals surface area contributed by atoms with E-state index in [-0.39, 0.29) is 12.5 Å². The number of anilines is 1. The van der Waals surface area contributed by atoms with E-state index in [1.54, 1.807) is 55.6 Å². The van der Waals surface area contributed by atoms with E-state index in [0.717, 1.165) is 4.96 Å². The first-order valence-electron chi connectivity index (χ1n) is 9.51. The summed E-state index contributed by atoms with van der Waals surface area (Å²) < 4.78 is 34.3. The van der Waals surface area contributed by atoms with E-state index in [0.29, 0.717) is 34.3 Å². The van der Waals surface area contributed by atoms with Gasteiger partial charge in [0.25, 0.3) is 5.91 Å². The van der Waals surface area contributed by atoms with Crippen molar-refractivity contribution in [3.63, 3.8) is 0 Å². The Labute approximate surface area is 183 Å². The summed E-state index contributed by atoms with van der Waals surface area (Å²) in [5.74, 6) is 0.606. The number of oxazole rings is 1. The summed E-state index contributed by atoms with van der Waals surface area (Å²) in [6.45, 7) is 5.16. The number of hydrogen-bond donors (Lipinski definition) is 2. The van der Waals surface area contributed by atoms with Crippen LogP contribution in [0.5, 0.6) is 0 Å². The number of thiazole rings is 1. The third kappa shape index (κ3) is 4.47. The predicted molar refractivity (Wildman–Crippen MR) is 119 cm³/mol. The van der Waals surface area contributed by atoms with E-state index in [1.165, 1.54) is 11.3 Å². The molecule has 4 aromatic rings. The van der Waals surface area contributed by atoms with Crippen LogP contribution >= 0.6 is 11.3 Å². The first-order chi connectivity index (χ1) is 14.7. The number of benzene rings is 1. The van der Waals surface area contributed by atoms with Gasteiger partial charge < -0.3 is 9.73 Å². The van der Waals surface area contributed by atoms with E-state index in [4.69, 9.17) is 4.42 Å². The highest BCUT2D eigenvalue weighted by Crippen LogP contribution is 2.25. The lowest BCUT2D eigenvalue weighted by molar-refractivity contribution is 0.0946. The topological polar surface area (TPSA) is 119 Å².